The van der Waals surface area contributed by atoms with Crippen molar-refractivity contribution in [2.75, 3.05) is 18.6 Å². The number of fused-ring (bicyclic) bond motifs is 1. The summed E-state index contributed by atoms with van der Waals surface area (Å²) in [6.45, 7) is 0.694. The van der Waals surface area contributed by atoms with Crippen LogP contribution in [-0.4, -0.2) is 43.0 Å². The number of halogens is 2. The molecule has 1 fully saturated rings. The van der Waals surface area contributed by atoms with Gasteiger partial charge in [-0.1, -0.05) is 0 Å². The molecule has 35 heavy (non-hydrogen) atoms. The molecular formula is C25H21F2N7O. The first-order valence-electron chi connectivity index (χ1n) is 11.2. The van der Waals surface area contributed by atoms with Crippen LogP contribution in [0.4, 0.5) is 14.6 Å². The molecule has 1 aromatic carbocycles. The number of hydrogen-bond acceptors (Lipinski definition) is 6. The Bertz CT molecular complexity index is 1530. The number of aromatic nitrogens is 6. The van der Waals surface area contributed by atoms with Crippen LogP contribution in [0.2, 0.25) is 0 Å². The first-order valence-corrected chi connectivity index (χ1v) is 11.2. The molecule has 6 rings (SSSR count). The fourth-order valence-corrected chi connectivity index (χ4v) is 4.67. The Morgan fingerprint density at radius 2 is 2.00 bits per heavy atom. The molecule has 0 radical (unpaired) electrons. The highest BCUT2D eigenvalue weighted by atomic mass is 19.1. The third-order valence-corrected chi connectivity index (χ3v) is 6.30. The molecule has 0 bridgehead atoms. The lowest BCUT2D eigenvalue weighted by atomic mass is 10.0. The minimum Gasteiger partial charge on any atom is -0.481 e. The maximum Gasteiger partial charge on any atom is 0.221 e. The van der Waals surface area contributed by atoms with Crippen molar-refractivity contribution in [3.63, 3.8) is 0 Å². The highest BCUT2D eigenvalue weighted by molar-refractivity contribution is 5.69. The van der Waals surface area contributed by atoms with Crippen LogP contribution < -0.4 is 9.64 Å². The van der Waals surface area contributed by atoms with E-state index in [4.69, 9.17) is 9.72 Å². The van der Waals surface area contributed by atoms with E-state index in [0.717, 1.165) is 30.0 Å². The third kappa shape index (κ3) is 3.67. The Morgan fingerprint density at radius 3 is 2.89 bits per heavy atom. The number of pyridine rings is 1. The number of anilines is 1. The molecule has 0 N–H and O–H groups in total. The number of hydrogen-bond donors (Lipinski definition) is 0. The van der Waals surface area contributed by atoms with Crippen molar-refractivity contribution in [1.82, 2.24) is 29.4 Å². The summed E-state index contributed by atoms with van der Waals surface area (Å²) < 4.78 is 37.2. The Hall–Kier alpha value is -4.34. The third-order valence-electron chi connectivity index (χ3n) is 6.30. The van der Waals surface area contributed by atoms with Gasteiger partial charge in [-0.25, -0.2) is 27.9 Å². The summed E-state index contributed by atoms with van der Waals surface area (Å²) >= 11 is 0. The summed E-state index contributed by atoms with van der Waals surface area (Å²) in [7, 11) is 1.58. The van der Waals surface area contributed by atoms with Crippen LogP contribution in [0.5, 0.6) is 5.88 Å². The second-order valence-corrected chi connectivity index (χ2v) is 8.33. The quantitative estimate of drug-likeness (QED) is 0.371. The van der Waals surface area contributed by atoms with Gasteiger partial charge in [0.1, 0.15) is 23.1 Å². The van der Waals surface area contributed by atoms with Gasteiger partial charge in [-0.05, 0) is 49.2 Å². The van der Waals surface area contributed by atoms with Gasteiger partial charge in [-0.3, -0.25) is 0 Å². The van der Waals surface area contributed by atoms with Crippen LogP contribution in [0.3, 0.4) is 0 Å². The lowest BCUT2D eigenvalue weighted by molar-refractivity contribution is 0.399. The van der Waals surface area contributed by atoms with Gasteiger partial charge in [0.2, 0.25) is 5.88 Å². The lowest BCUT2D eigenvalue weighted by Crippen LogP contribution is -2.24. The normalized spacial score (nSPS) is 15.7. The molecule has 1 unspecified atom stereocenters. The Balaban J connectivity index is 1.38. The zero-order valence-electron chi connectivity index (χ0n) is 18.8. The lowest BCUT2D eigenvalue weighted by Gasteiger charge is -2.26. The summed E-state index contributed by atoms with van der Waals surface area (Å²) in [5, 5.41) is 8.92. The molecule has 0 amide bonds. The van der Waals surface area contributed by atoms with Gasteiger partial charge in [0.15, 0.2) is 5.65 Å². The van der Waals surface area contributed by atoms with Gasteiger partial charge < -0.3 is 9.64 Å². The highest BCUT2D eigenvalue weighted by Gasteiger charge is 2.30. The second-order valence-electron chi connectivity index (χ2n) is 8.33. The van der Waals surface area contributed by atoms with E-state index in [1.807, 2.05) is 35.5 Å². The molecule has 1 atom stereocenters. The summed E-state index contributed by atoms with van der Waals surface area (Å²) in [6.07, 6.45) is 10.3. The predicted molar refractivity (Wildman–Crippen MR) is 126 cm³/mol. The predicted octanol–water partition coefficient (Wildman–Crippen LogP) is 4.61. The molecule has 5 heterocycles. The van der Waals surface area contributed by atoms with E-state index in [2.05, 4.69) is 15.2 Å². The Labute approximate surface area is 199 Å². The summed E-state index contributed by atoms with van der Waals surface area (Å²) in [6, 6.07) is 8.90. The molecule has 4 aromatic heterocycles. The number of ether oxygens (including phenoxy) is 1. The molecule has 0 aliphatic carbocycles. The van der Waals surface area contributed by atoms with Crippen LogP contribution in [0, 0.1) is 11.6 Å². The minimum absolute atomic E-state index is 0.290. The molecule has 1 aliphatic heterocycles. The molecule has 5 aromatic rings. The number of rotatable bonds is 5. The summed E-state index contributed by atoms with van der Waals surface area (Å²) in [4.78, 5) is 11.1. The van der Waals surface area contributed by atoms with Crippen molar-refractivity contribution in [3.05, 3.63) is 84.6 Å². The average molecular weight is 473 g/mol. The maximum atomic E-state index is 14.5. The molecule has 10 heteroatoms. The van der Waals surface area contributed by atoms with Crippen LogP contribution in [0.1, 0.15) is 24.4 Å². The number of nitrogens with zero attached hydrogens (tertiary/aromatic N) is 7. The van der Waals surface area contributed by atoms with E-state index in [0.29, 0.717) is 35.1 Å². The second kappa shape index (κ2) is 8.46. The maximum absolute atomic E-state index is 14.5. The Kier molecular flexibility index (Phi) is 5.13. The van der Waals surface area contributed by atoms with Crippen LogP contribution in [0.15, 0.2) is 67.4 Å². The summed E-state index contributed by atoms with van der Waals surface area (Å²) in [5.41, 5.74) is 3.30. The van der Waals surface area contributed by atoms with Crippen molar-refractivity contribution in [2.45, 2.75) is 18.9 Å². The standard InChI is InChI=1S/C25H21F2N7O/c1-35-25-18(4-2-9-28-25)16-13-29-34(15-16)22-14-30-33-11-8-23(31-24(22)33)32-10-3-5-21(32)19-12-17(26)6-7-20(19)27/h2,4,6-9,11-15,21H,3,5,10H2,1H3. The molecule has 1 saturated heterocycles. The molecule has 0 saturated carbocycles. The largest absolute Gasteiger partial charge is 0.481 e. The van der Waals surface area contributed by atoms with E-state index in [-0.39, 0.29) is 6.04 Å². The van der Waals surface area contributed by atoms with Crippen LogP contribution >= 0.6 is 0 Å². The number of benzene rings is 1. The summed E-state index contributed by atoms with van der Waals surface area (Å²) in [5.74, 6) is 0.322. The first kappa shape index (κ1) is 21.2. The van der Waals surface area contributed by atoms with E-state index >= 15 is 0 Å². The molecule has 8 nitrogen and oxygen atoms in total. The van der Waals surface area contributed by atoms with Crippen molar-refractivity contribution in [3.8, 4) is 22.7 Å². The van der Waals surface area contributed by atoms with Crippen LogP contribution in [0.25, 0.3) is 22.5 Å². The number of methoxy groups -OCH3 is 1. The van der Waals surface area contributed by atoms with E-state index in [1.54, 1.807) is 34.9 Å². The molecule has 176 valence electrons. The SMILES string of the molecule is COc1ncccc1-c1cnn(-c2cnn3ccc(N4CCCC4c4cc(F)ccc4F)nc23)c1. The molecule has 0 spiro atoms. The van der Waals surface area contributed by atoms with Crippen molar-refractivity contribution in [1.29, 1.82) is 0 Å². The van der Waals surface area contributed by atoms with Crippen molar-refractivity contribution >= 4 is 11.5 Å². The zero-order chi connectivity index (χ0) is 23.9. The Morgan fingerprint density at radius 1 is 1.09 bits per heavy atom. The van der Waals surface area contributed by atoms with E-state index in [1.165, 1.54) is 12.1 Å². The van der Waals surface area contributed by atoms with Crippen molar-refractivity contribution in [2.24, 2.45) is 0 Å². The highest BCUT2D eigenvalue weighted by Crippen LogP contribution is 2.37. The van der Waals surface area contributed by atoms with E-state index < -0.39 is 11.6 Å². The van der Waals surface area contributed by atoms with Gasteiger partial charge in [-0.15, -0.1) is 0 Å². The molecule has 1 aliphatic rings. The van der Waals surface area contributed by atoms with E-state index in [9.17, 15) is 8.78 Å². The zero-order valence-corrected chi connectivity index (χ0v) is 18.8. The van der Waals surface area contributed by atoms with Gasteiger partial charge >= 0.3 is 0 Å². The fraction of sp³-hybridized carbons (Fsp3) is 0.200. The fourth-order valence-electron chi connectivity index (χ4n) is 4.67. The first-order chi connectivity index (χ1) is 17.1. The van der Waals surface area contributed by atoms with Gasteiger partial charge in [0.25, 0.3) is 0 Å². The average Bonchev–Trinajstić information content (AvgIpc) is 3.64. The minimum atomic E-state index is -0.450. The smallest absolute Gasteiger partial charge is 0.221 e. The van der Waals surface area contributed by atoms with Gasteiger partial charge in [0.05, 0.1) is 25.5 Å². The van der Waals surface area contributed by atoms with Gasteiger partial charge in [0, 0.05) is 41.8 Å². The van der Waals surface area contributed by atoms with Crippen LogP contribution in [-0.2, 0) is 0 Å². The molecular weight excluding hydrogens is 452 g/mol. The topological polar surface area (TPSA) is 73.4 Å². The van der Waals surface area contributed by atoms with Gasteiger partial charge in [-0.2, -0.15) is 10.2 Å². The van der Waals surface area contributed by atoms with Crippen molar-refractivity contribution < 1.29 is 13.5 Å². The monoisotopic (exact) mass is 473 g/mol.